The molecule has 2 aromatic rings. The van der Waals surface area contributed by atoms with E-state index in [4.69, 9.17) is 4.84 Å². The maximum absolute atomic E-state index is 13.6. The number of benzene rings is 1. The van der Waals surface area contributed by atoms with Gasteiger partial charge in [0, 0.05) is 18.7 Å². The van der Waals surface area contributed by atoms with Gasteiger partial charge in [-0.05, 0) is 43.0 Å². The molecule has 2 fully saturated rings. The van der Waals surface area contributed by atoms with E-state index < -0.39 is 35.3 Å². The predicted molar refractivity (Wildman–Crippen MR) is 135 cm³/mol. The summed E-state index contributed by atoms with van der Waals surface area (Å²) in [4.78, 5) is 62.5. The van der Waals surface area contributed by atoms with Crippen LogP contribution in [0.2, 0.25) is 0 Å². The fraction of sp³-hybridized carbons (Fsp3) is 0.407. The van der Waals surface area contributed by atoms with E-state index in [0.717, 1.165) is 24.1 Å². The Morgan fingerprint density at radius 2 is 1.92 bits per heavy atom. The quantitative estimate of drug-likeness (QED) is 0.384. The highest BCUT2D eigenvalue weighted by Gasteiger charge is 2.52. The lowest BCUT2D eigenvalue weighted by molar-refractivity contribution is -0.140. The van der Waals surface area contributed by atoms with Gasteiger partial charge in [-0.3, -0.25) is 29.5 Å². The van der Waals surface area contributed by atoms with Gasteiger partial charge in [0.05, 0.1) is 18.3 Å². The fourth-order valence-electron chi connectivity index (χ4n) is 4.85. The second-order valence-corrected chi connectivity index (χ2v) is 9.89. The zero-order valence-electron chi connectivity index (χ0n) is 20.7. The first-order chi connectivity index (χ1) is 17.9. The molecule has 1 aliphatic carbocycles. The van der Waals surface area contributed by atoms with Gasteiger partial charge >= 0.3 is 0 Å². The largest absolute Gasteiger partial charge is 0.357 e. The van der Waals surface area contributed by atoms with Crippen LogP contribution in [0.1, 0.15) is 55.1 Å². The number of hydrogen-bond donors (Lipinski definition) is 4. The van der Waals surface area contributed by atoms with Crippen molar-refractivity contribution in [3.63, 3.8) is 0 Å². The zero-order valence-corrected chi connectivity index (χ0v) is 20.7. The van der Waals surface area contributed by atoms with Gasteiger partial charge in [-0.1, -0.05) is 43.7 Å². The van der Waals surface area contributed by atoms with Crippen LogP contribution in [0, 0.1) is 0 Å². The number of likely N-dealkylation sites (tertiary alicyclic amines) is 1. The Balaban J connectivity index is 1.38. The minimum atomic E-state index is -0.965. The van der Waals surface area contributed by atoms with Gasteiger partial charge in [-0.2, -0.15) is 0 Å². The summed E-state index contributed by atoms with van der Waals surface area (Å²) in [5.74, 6) is -2.19. The highest BCUT2D eigenvalue weighted by atomic mass is 16.7. The van der Waals surface area contributed by atoms with Crippen molar-refractivity contribution in [3.8, 4) is 0 Å². The number of hydrogen-bond acceptors (Lipinski definition) is 6. The average Bonchev–Trinajstić information content (AvgIpc) is 3.30. The number of aromatic amines is 1. The van der Waals surface area contributed by atoms with Crippen molar-refractivity contribution in [2.75, 3.05) is 6.54 Å². The molecule has 1 saturated carbocycles. The number of H-pyrrole nitrogens is 1. The van der Waals surface area contributed by atoms with Crippen LogP contribution in [0.3, 0.4) is 0 Å². The van der Waals surface area contributed by atoms with Gasteiger partial charge in [0.1, 0.15) is 17.3 Å². The molecule has 3 atom stereocenters. The molecule has 37 heavy (non-hydrogen) atoms. The molecule has 1 saturated heterocycles. The van der Waals surface area contributed by atoms with Crippen LogP contribution in [-0.4, -0.2) is 63.7 Å². The topological polar surface area (TPSA) is 133 Å². The highest BCUT2D eigenvalue weighted by molar-refractivity contribution is 6.38. The minimum absolute atomic E-state index is 0.0376. The van der Waals surface area contributed by atoms with Crippen molar-refractivity contribution in [1.29, 1.82) is 0 Å². The molecular formula is C27H31N5O5. The number of nitrogens with zero attached hydrogens (tertiary/aromatic N) is 1. The first-order valence-electron chi connectivity index (χ1n) is 12.7. The molecule has 3 amide bonds. The zero-order chi connectivity index (χ0) is 26.0. The number of rotatable bonds is 9. The normalized spacial score (nSPS) is 23.3. The van der Waals surface area contributed by atoms with Crippen LogP contribution in [0.15, 0.2) is 54.7 Å². The number of aromatic nitrogens is 1. The summed E-state index contributed by atoms with van der Waals surface area (Å²) < 4.78 is 0. The van der Waals surface area contributed by atoms with Crippen LogP contribution in [0.25, 0.3) is 5.70 Å². The highest BCUT2D eigenvalue weighted by Crippen LogP contribution is 2.38. The number of carbonyl (C=O) groups is 4. The number of amides is 3. The summed E-state index contributed by atoms with van der Waals surface area (Å²) in [6, 6.07) is 11.2. The van der Waals surface area contributed by atoms with Crippen molar-refractivity contribution in [2.24, 2.45) is 0 Å². The van der Waals surface area contributed by atoms with Gasteiger partial charge in [0.25, 0.3) is 11.8 Å². The molecule has 3 heterocycles. The Kier molecular flexibility index (Phi) is 6.84. The molecule has 0 unspecified atom stereocenters. The molecule has 1 spiro atoms. The van der Waals surface area contributed by atoms with Gasteiger partial charge in [0.2, 0.25) is 11.7 Å². The summed E-state index contributed by atoms with van der Waals surface area (Å²) in [5, 5.41) is 5.46. The second kappa shape index (κ2) is 10.2. The molecule has 0 bridgehead atoms. The Hall–Kier alpha value is -3.92. The number of Topliss-reactive ketones (excluding diaryl/α,β-unsaturated/α-hetero) is 1. The molecule has 5 rings (SSSR count). The Bertz CT molecular complexity index is 1210. The van der Waals surface area contributed by atoms with Crippen molar-refractivity contribution < 1.29 is 24.0 Å². The molecule has 10 heteroatoms. The number of carbonyl (C=O) groups excluding carboxylic acids is 4. The SMILES string of the molecule is CCC[C@H](NC(=O)[C@@H]1C[C@]2(C=C(c3ccccc3)NO2)CN1C(=O)c1ccc[nH]1)C(=O)C(=O)NC1CC1. The summed E-state index contributed by atoms with van der Waals surface area (Å²) in [7, 11) is 0. The Labute approximate surface area is 214 Å². The van der Waals surface area contributed by atoms with E-state index in [1.54, 1.807) is 18.3 Å². The maximum Gasteiger partial charge on any atom is 0.289 e. The van der Waals surface area contributed by atoms with E-state index in [2.05, 4.69) is 21.1 Å². The van der Waals surface area contributed by atoms with Crippen molar-refractivity contribution in [1.82, 2.24) is 26.0 Å². The van der Waals surface area contributed by atoms with Gasteiger partial charge in [-0.25, -0.2) is 0 Å². The lowest BCUT2D eigenvalue weighted by atomic mass is 9.97. The van der Waals surface area contributed by atoms with Gasteiger partial charge in [-0.15, -0.1) is 0 Å². The molecule has 3 aliphatic rings. The van der Waals surface area contributed by atoms with E-state index in [9.17, 15) is 19.2 Å². The van der Waals surface area contributed by atoms with Crippen LogP contribution in [-0.2, 0) is 19.2 Å². The lowest BCUT2D eigenvalue weighted by Crippen LogP contribution is -2.53. The molecule has 1 aromatic heterocycles. The van der Waals surface area contributed by atoms with Crippen LogP contribution >= 0.6 is 0 Å². The summed E-state index contributed by atoms with van der Waals surface area (Å²) >= 11 is 0. The third-order valence-corrected chi connectivity index (χ3v) is 6.95. The van der Waals surface area contributed by atoms with E-state index in [-0.39, 0.29) is 24.9 Å². The molecule has 0 radical (unpaired) electrons. The van der Waals surface area contributed by atoms with Gasteiger partial charge < -0.3 is 20.5 Å². The molecule has 194 valence electrons. The summed E-state index contributed by atoms with van der Waals surface area (Å²) in [6.45, 7) is 2.02. The van der Waals surface area contributed by atoms with Crippen molar-refractivity contribution in [3.05, 3.63) is 66.0 Å². The van der Waals surface area contributed by atoms with Crippen LogP contribution in [0.5, 0.6) is 0 Å². The molecule has 2 aliphatic heterocycles. The number of hydroxylamine groups is 1. The van der Waals surface area contributed by atoms with E-state index >= 15 is 0 Å². The van der Waals surface area contributed by atoms with Crippen molar-refractivity contribution in [2.45, 2.75) is 62.8 Å². The average molecular weight is 506 g/mol. The Morgan fingerprint density at radius 3 is 2.59 bits per heavy atom. The van der Waals surface area contributed by atoms with E-state index in [1.807, 2.05) is 43.3 Å². The monoisotopic (exact) mass is 505 g/mol. The molecular weight excluding hydrogens is 474 g/mol. The van der Waals surface area contributed by atoms with Gasteiger partial charge in [0.15, 0.2) is 0 Å². The number of nitrogens with one attached hydrogen (secondary N) is 4. The molecule has 4 N–H and O–H groups in total. The smallest absolute Gasteiger partial charge is 0.289 e. The lowest BCUT2D eigenvalue weighted by Gasteiger charge is -2.25. The number of ketones is 1. The van der Waals surface area contributed by atoms with E-state index in [1.165, 1.54) is 4.90 Å². The third-order valence-electron chi connectivity index (χ3n) is 6.95. The van der Waals surface area contributed by atoms with E-state index in [0.29, 0.717) is 18.5 Å². The standard InChI is InChI=1S/C27H31N5O5/c1-2-7-19(23(33)25(35)29-18-11-12-18)30-24(34)22-15-27(16-32(22)26(36)20-10-6-13-28-20)14-21(31-37-27)17-8-4-3-5-9-17/h3-6,8-10,13-14,18-19,22,28,31H,2,7,11-12,15-16H2,1H3,(H,29,35)(H,30,34)/t19-,22-,27+/m0/s1. The maximum atomic E-state index is 13.6. The van der Waals surface area contributed by atoms with Crippen LogP contribution < -0.4 is 16.1 Å². The summed E-state index contributed by atoms with van der Waals surface area (Å²) in [6.07, 6.45) is 6.37. The van der Waals surface area contributed by atoms with Crippen molar-refractivity contribution >= 4 is 29.2 Å². The molecule has 1 aromatic carbocycles. The molecule has 10 nitrogen and oxygen atoms in total. The third kappa shape index (κ3) is 5.29. The minimum Gasteiger partial charge on any atom is -0.357 e. The second-order valence-electron chi connectivity index (χ2n) is 9.89. The predicted octanol–water partition coefficient (Wildman–Crippen LogP) is 1.68. The fourth-order valence-corrected chi connectivity index (χ4v) is 4.85. The summed E-state index contributed by atoms with van der Waals surface area (Å²) in [5.41, 5.74) is 4.05. The first-order valence-corrected chi connectivity index (χ1v) is 12.7. The first kappa shape index (κ1) is 24.8. The Morgan fingerprint density at radius 1 is 1.14 bits per heavy atom. The van der Waals surface area contributed by atoms with Crippen LogP contribution in [0.4, 0.5) is 0 Å².